The van der Waals surface area contributed by atoms with Crippen molar-refractivity contribution in [2.24, 2.45) is 5.73 Å². The highest BCUT2D eigenvalue weighted by Gasteiger charge is 2.15. The summed E-state index contributed by atoms with van der Waals surface area (Å²) in [5.41, 5.74) is 6.29. The van der Waals surface area contributed by atoms with E-state index in [4.69, 9.17) is 10.8 Å². The monoisotopic (exact) mass is 208 g/mol. The average molecular weight is 208 g/mol. The zero-order valence-corrected chi connectivity index (χ0v) is 8.68. The van der Waals surface area contributed by atoms with E-state index in [0.29, 0.717) is 0 Å². The molecule has 0 aliphatic carbocycles. The topological polar surface area (TPSA) is 75.4 Å². The molecule has 0 aromatic heterocycles. The van der Waals surface area contributed by atoms with Crippen molar-refractivity contribution in [1.29, 1.82) is 0 Å². The van der Waals surface area contributed by atoms with E-state index in [1.54, 1.807) is 6.92 Å². The fraction of sp³-hybridized carbons (Fsp3) is 0.364. The largest absolute Gasteiger partial charge is 0.394 e. The fourth-order valence-electron chi connectivity index (χ4n) is 1.22. The first-order valence-electron chi connectivity index (χ1n) is 4.87. The van der Waals surface area contributed by atoms with Crippen molar-refractivity contribution in [1.82, 2.24) is 5.32 Å². The average Bonchev–Trinajstić information content (AvgIpc) is 2.26. The second-order valence-corrected chi connectivity index (χ2v) is 3.44. The van der Waals surface area contributed by atoms with E-state index >= 15 is 0 Å². The lowest BCUT2D eigenvalue weighted by molar-refractivity contribution is -0.123. The van der Waals surface area contributed by atoms with Gasteiger partial charge in [-0.3, -0.25) is 4.79 Å². The number of hydrogen-bond donors (Lipinski definition) is 3. The Bertz CT molecular complexity index is 312. The van der Waals surface area contributed by atoms with Crippen LogP contribution in [0.4, 0.5) is 0 Å². The first-order valence-corrected chi connectivity index (χ1v) is 4.87. The Balaban J connectivity index is 2.69. The van der Waals surface area contributed by atoms with Crippen LogP contribution in [0.3, 0.4) is 0 Å². The zero-order valence-electron chi connectivity index (χ0n) is 8.68. The molecule has 82 valence electrons. The molecular formula is C11H16N2O2. The van der Waals surface area contributed by atoms with Gasteiger partial charge in [0.25, 0.3) is 0 Å². The normalized spacial score (nSPS) is 14.3. The molecule has 0 saturated heterocycles. The summed E-state index contributed by atoms with van der Waals surface area (Å²) >= 11 is 0. The number of benzene rings is 1. The van der Waals surface area contributed by atoms with Gasteiger partial charge in [-0.2, -0.15) is 0 Å². The molecule has 1 rings (SSSR count). The lowest BCUT2D eigenvalue weighted by Crippen LogP contribution is -2.41. The van der Waals surface area contributed by atoms with Crippen molar-refractivity contribution in [2.75, 3.05) is 6.61 Å². The number of carbonyl (C=O) groups is 1. The first kappa shape index (κ1) is 11.7. The summed E-state index contributed by atoms with van der Waals surface area (Å²) in [4.78, 5) is 11.3. The van der Waals surface area contributed by atoms with Crippen LogP contribution in [0.1, 0.15) is 18.5 Å². The highest BCUT2D eigenvalue weighted by Crippen LogP contribution is 2.11. The maximum Gasteiger partial charge on any atom is 0.237 e. The third kappa shape index (κ3) is 3.34. The molecule has 4 heteroatoms. The van der Waals surface area contributed by atoms with E-state index in [9.17, 15) is 4.79 Å². The third-order valence-electron chi connectivity index (χ3n) is 2.11. The number of nitrogens with two attached hydrogens (primary N) is 1. The van der Waals surface area contributed by atoms with Gasteiger partial charge in [0, 0.05) is 0 Å². The van der Waals surface area contributed by atoms with Gasteiger partial charge in [-0.05, 0) is 12.5 Å². The van der Waals surface area contributed by atoms with Crippen molar-refractivity contribution in [2.45, 2.75) is 19.0 Å². The lowest BCUT2D eigenvalue weighted by atomic mass is 10.1. The Morgan fingerprint density at radius 3 is 2.53 bits per heavy atom. The van der Waals surface area contributed by atoms with Gasteiger partial charge in [-0.1, -0.05) is 30.3 Å². The molecule has 0 bridgehead atoms. The van der Waals surface area contributed by atoms with Crippen LogP contribution in [0.15, 0.2) is 30.3 Å². The molecule has 2 atom stereocenters. The van der Waals surface area contributed by atoms with Crippen LogP contribution in [0.25, 0.3) is 0 Å². The van der Waals surface area contributed by atoms with E-state index in [-0.39, 0.29) is 18.6 Å². The molecule has 0 aliphatic heterocycles. The van der Waals surface area contributed by atoms with Crippen LogP contribution in [0.2, 0.25) is 0 Å². The number of nitrogens with one attached hydrogen (secondary N) is 1. The SMILES string of the molecule is CC(N)C(=O)N[C@H](CO)c1ccccc1. The molecule has 0 aliphatic rings. The van der Waals surface area contributed by atoms with E-state index in [2.05, 4.69) is 5.32 Å². The fourth-order valence-corrected chi connectivity index (χ4v) is 1.22. The van der Waals surface area contributed by atoms with E-state index in [0.717, 1.165) is 5.56 Å². The van der Waals surface area contributed by atoms with Crippen LogP contribution < -0.4 is 11.1 Å². The van der Waals surface area contributed by atoms with Gasteiger partial charge in [0.2, 0.25) is 5.91 Å². The zero-order chi connectivity index (χ0) is 11.3. The van der Waals surface area contributed by atoms with Crippen molar-refractivity contribution >= 4 is 5.91 Å². The predicted molar refractivity (Wildman–Crippen MR) is 58.1 cm³/mol. The van der Waals surface area contributed by atoms with Gasteiger partial charge >= 0.3 is 0 Å². The van der Waals surface area contributed by atoms with Gasteiger partial charge in [-0.15, -0.1) is 0 Å². The van der Waals surface area contributed by atoms with Crippen LogP contribution >= 0.6 is 0 Å². The molecule has 15 heavy (non-hydrogen) atoms. The molecule has 1 unspecified atom stereocenters. The lowest BCUT2D eigenvalue weighted by Gasteiger charge is -2.17. The van der Waals surface area contributed by atoms with Crippen LogP contribution in [-0.4, -0.2) is 23.7 Å². The Kier molecular flexibility index (Phi) is 4.27. The van der Waals surface area contributed by atoms with Crippen LogP contribution in [0, 0.1) is 0 Å². The maximum atomic E-state index is 11.3. The molecule has 1 aromatic rings. The van der Waals surface area contributed by atoms with Gasteiger partial charge < -0.3 is 16.2 Å². The second-order valence-electron chi connectivity index (χ2n) is 3.44. The summed E-state index contributed by atoms with van der Waals surface area (Å²) in [5.74, 6) is -0.266. The van der Waals surface area contributed by atoms with Crippen molar-refractivity contribution < 1.29 is 9.90 Å². The minimum atomic E-state index is -0.567. The molecule has 4 nitrogen and oxygen atoms in total. The molecule has 0 heterocycles. The number of carbonyl (C=O) groups excluding carboxylic acids is 1. The van der Waals surface area contributed by atoms with Crippen molar-refractivity contribution in [3.63, 3.8) is 0 Å². The summed E-state index contributed by atoms with van der Waals surface area (Å²) in [6.45, 7) is 1.47. The summed E-state index contributed by atoms with van der Waals surface area (Å²) in [6, 6.07) is 8.34. The summed E-state index contributed by atoms with van der Waals surface area (Å²) in [5, 5.41) is 11.8. The molecule has 0 fully saturated rings. The van der Waals surface area contributed by atoms with Crippen molar-refractivity contribution in [3.05, 3.63) is 35.9 Å². The quantitative estimate of drug-likeness (QED) is 0.661. The minimum Gasteiger partial charge on any atom is -0.394 e. The molecular weight excluding hydrogens is 192 g/mol. The molecule has 0 saturated carbocycles. The second kappa shape index (κ2) is 5.48. The summed E-state index contributed by atoms with van der Waals surface area (Å²) in [7, 11) is 0. The van der Waals surface area contributed by atoms with Gasteiger partial charge in [0.1, 0.15) is 0 Å². The number of aliphatic hydroxyl groups is 1. The minimum absolute atomic E-state index is 0.136. The Morgan fingerprint density at radius 1 is 1.47 bits per heavy atom. The van der Waals surface area contributed by atoms with Crippen LogP contribution in [0.5, 0.6) is 0 Å². The smallest absolute Gasteiger partial charge is 0.237 e. The van der Waals surface area contributed by atoms with E-state index in [1.165, 1.54) is 0 Å². The first-order chi connectivity index (χ1) is 7.15. The molecule has 1 amide bonds. The van der Waals surface area contributed by atoms with E-state index < -0.39 is 6.04 Å². The van der Waals surface area contributed by atoms with Gasteiger partial charge in [0.05, 0.1) is 18.7 Å². The van der Waals surface area contributed by atoms with Crippen LogP contribution in [-0.2, 0) is 4.79 Å². The molecule has 1 aromatic carbocycles. The van der Waals surface area contributed by atoms with Gasteiger partial charge in [-0.25, -0.2) is 0 Å². The van der Waals surface area contributed by atoms with E-state index in [1.807, 2.05) is 30.3 Å². The summed E-state index contributed by atoms with van der Waals surface area (Å²) in [6.07, 6.45) is 0. The molecule has 0 radical (unpaired) electrons. The Morgan fingerprint density at radius 2 is 2.07 bits per heavy atom. The third-order valence-corrected chi connectivity index (χ3v) is 2.11. The number of aliphatic hydroxyl groups excluding tert-OH is 1. The van der Waals surface area contributed by atoms with Crippen molar-refractivity contribution in [3.8, 4) is 0 Å². The molecule has 0 spiro atoms. The standard InChI is InChI=1S/C11H16N2O2/c1-8(12)11(15)13-10(7-14)9-5-3-2-4-6-9/h2-6,8,10,14H,7,12H2,1H3,(H,13,15)/t8?,10-/m1/s1. The van der Waals surface area contributed by atoms with Gasteiger partial charge in [0.15, 0.2) is 0 Å². The highest BCUT2D eigenvalue weighted by molar-refractivity contribution is 5.81. The summed E-state index contributed by atoms with van der Waals surface area (Å²) < 4.78 is 0. The number of hydrogen-bond acceptors (Lipinski definition) is 3. The molecule has 4 N–H and O–H groups in total. The Hall–Kier alpha value is -1.39. The number of rotatable bonds is 4. The highest BCUT2D eigenvalue weighted by atomic mass is 16.3. The predicted octanol–water partition coefficient (Wildman–Crippen LogP) is 0.183. The Labute approximate surface area is 89.1 Å². The maximum absolute atomic E-state index is 11.3. The number of amides is 1.